The number of nitrogens with two attached hydrogens (primary N) is 1. The number of hydrogen-bond donors (Lipinski definition) is 3. The van der Waals surface area contributed by atoms with Crippen molar-refractivity contribution in [2.24, 2.45) is 5.73 Å². The van der Waals surface area contributed by atoms with Gasteiger partial charge in [-0.25, -0.2) is 0 Å². The van der Waals surface area contributed by atoms with E-state index in [4.69, 9.17) is 10.5 Å². The third kappa shape index (κ3) is 4.12. The SMILES string of the molecule is COCCC(N)C(=O)NC1CCC(=O)NC1=O. The van der Waals surface area contributed by atoms with E-state index in [-0.39, 0.29) is 12.3 Å². The van der Waals surface area contributed by atoms with Gasteiger partial charge in [0.05, 0.1) is 6.04 Å². The Morgan fingerprint density at radius 1 is 1.65 bits per heavy atom. The lowest BCUT2D eigenvalue weighted by atomic mass is 10.1. The Morgan fingerprint density at radius 3 is 2.94 bits per heavy atom. The number of amides is 3. The van der Waals surface area contributed by atoms with Gasteiger partial charge in [-0.2, -0.15) is 0 Å². The maximum atomic E-state index is 11.6. The summed E-state index contributed by atoms with van der Waals surface area (Å²) in [5.41, 5.74) is 5.60. The van der Waals surface area contributed by atoms with E-state index in [9.17, 15) is 14.4 Å². The average molecular weight is 243 g/mol. The number of ether oxygens (including phenoxy) is 1. The molecule has 0 aromatic rings. The van der Waals surface area contributed by atoms with E-state index in [0.717, 1.165) is 0 Å². The fraction of sp³-hybridized carbons (Fsp3) is 0.700. The van der Waals surface area contributed by atoms with Crippen molar-refractivity contribution in [3.8, 4) is 0 Å². The number of carbonyl (C=O) groups excluding carboxylic acids is 3. The topological polar surface area (TPSA) is 111 Å². The van der Waals surface area contributed by atoms with Gasteiger partial charge in [0.25, 0.3) is 0 Å². The van der Waals surface area contributed by atoms with Gasteiger partial charge in [0, 0.05) is 20.1 Å². The molecular weight excluding hydrogens is 226 g/mol. The minimum Gasteiger partial charge on any atom is -0.385 e. The highest BCUT2D eigenvalue weighted by molar-refractivity contribution is 6.01. The molecule has 1 fully saturated rings. The number of piperidine rings is 1. The van der Waals surface area contributed by atoms with E-state index in [0.29, 0.717) is 19.4 Å². The normalized spacial score (nSPS) is 21.9. The van der Waals surface area contributed by atoms with Crippen LogP contribution in [0.4, 0.5) is 0 Å². The summed E-state index contributed by atoms with van der Waals surface area (Å²) in [6.07, 6.45) is 0.924. The predicted octanol–water partition coefficient (Wildman–Crippen LogP) is -1.73. The molecule has 1 heterocycles. The Kier molecular flexibility index (Phi) is 5.05. The van der Waals surface area contributed by atoms with Crippen LogP contribution in [0.3, 0.4) is 0 Å². The molecule has 1 saturated heterocycles. The van der Waals surface area contributed by atoms with E-state index in [1.807, 2.05) is 0 Å². The first-order valence-electron chi connectivity index (χ1n) is 5.43. The van der Waals surface area contributed by atoms with E-state index in [1.165, 1.54) is 7.11 Å². The van der Waals surface area contributed by atoms with E-state index in [2.05, 4.69) is 10.6 Å². The molecule has 2 atom stereocenters. The molecule has 17 heavy (non-hydrogen) atoms. The van der Waals surface area contributed by atoms with Gasteiger partial charge in [0.1, 0.15) is 6.04 Å². The van der Waals surface area contributed by atoms with Gasteiger partial charge in [-0.05, 0) is 12.8 Å². The number of carbonyl (C=O) groups is 3. The number of methoxy groups -OCH3 is 1. The number of hydrogen-bond acceptors (Lipinski definition) is 5. The summed E-state index contributed by atoms with van der Waals surface area (Å²) in [5.74, 6) is -1.20. The van der Waals surface area contributed by atoms with E-state index < -0.39 is 23.9 Å². The molecule has 0 saturated carbocycles. The first-order chi connectivity index (χ1) is 8.04. The number of imide groups is 1. The van der Waals surface area contributed by atoms with Gasteiger partial charge >= 0.3 is 0 Å². The zero-order valence-electron chi connectivity index (χ0n) is 9.69. The number of nitrogens with one attached hydrogen (secondary N) is 2. The molecule has 1 aliphatic heterocycles. The quantitative estimate of drug-likeness (QED) is 0.497. The molecule has 96 valence electrons. The standard InChI is InChI=1S/C10H17N3O4/c1-17-5-4-6(11)9(15)12-7-2-3-8(14)13-10(7)16/h6-7H,2-5,11H2,1H3,(H,12,15)(H,13,14,16). The smallest absolute Gasteiger partial charge is 0.249 e. The molecule has 0 aromatic carbocycles. The van der Waals surface area contributed by atoms with Gasteiger partial charge in [0.2, 0.25) is 17.7 Å². The zero-order valence-corrected chi connectivity index (χ0v) is 9.69. The Bertz CT molecular complexity index is 319. The Labute approximate surface area is 99.1 Å². The first-order valence-corrected chi connectivity index (χ1v) is 5.43. The largest absolute Gasteiger partial charge is 0.385 e. The van der Waals surface area contributed by atoms with Crippen molar-refractivity contribution in [2.75, 3.05) is 13.7 Å². The summed E-state index contributed by atoms with van der Waals surface area (Å²) < 4.78 is 4.80. The van der Waals surface area contributed by atoms with Gasteiger partial charge in [-0.15, -0.1) is 0 Å². The third-order valence-electron chi connectivity index (χ3n) is 2.53. The second-order valence-corrected chi connectivity index (χ2v) is 3.90. The van der Waals surface area contributed by atoms with Crippen LogP contribution >= 0.6 is 0 Å². The number of rotatable bonds is 5. The summed E-state index contributed by atoms with van der Waals surface area (Å²) in [5, 5.41) is 4.67. The van der Waals surface area contributed by atoms with Crippen molar-refractivity contribution < 1.29 is 19.1 Å². The van der Waals surface area contributed by atoms with Crippen LogP contribution in [0.25, 0.3) is 0 Å². The van der Waals surface area contributed by atoms with E-state index in [1.54, 1.807) is 0 Å². The molecule has 0 spiro atoms. The minimum atomic E-state index is -0.708. The maximum absolute atomic E-state index is 11.6. The summed E-state index contributed by atoms with van der Waals surface area (Å²) in [6.45, 7) is 0.379. The van der Waals surface area contributed by atoms with Crippen LogP contribution in [0.15, 0.2) is 0 Å². The van der Waals surface area contributed by atoms with Crippen LogP contribution in [0, 0.1) is 0 Å². The Morgan fingerprint density at radius 2 is 2.35 bits per heavy atom. The van der Waals surface area contributed by atoms with Crippen molar-refractivity contribution in [1.29, 1.82) is 0 Å². The fourth-order valence-corrected chi connectivity index (χ4v) is 1.49. The van der Waals surface area contributed by atoms with Gasteiger partial charge in [-0.3, -0.25) is 19.7 Å². The molecule has 0 aliphatic carbocycles. The molecule has 7 nitrogen and oxygen atoms in total. The highest BCUT2D eigenvalue weighted by atomic mass is 16.5. The van der Waals surface area contributed by atoms with Gasteiger partial charge in [-0.1, -0.05) is 0 Å². The first kappa shape index (κ1) is 13.6. The molecule has 3 amide bonds. The summed E-state index contributed by atoms with van der Waals surface area (Å²) in [4.78, 5) is 33.8. The second kappa shape index (κ2) is 6.31. The van der Waals surface area contributed by atoms with Crippen molar-refractivity contribution >= 4 is 17.7 Å². The summed E-state index contributed by atoms with van der Waals surface area (Å²) in [6, 6.07) is -1.38. The maximum Gasteiger partial charge on any atom is 0.249 e. The lowest BCUT2D eigenvalue weighted by Gasteiger charge is -2.23. The molecule has 4 N–H and O–H groups in total. The van der Waals surface area contributed by atoms with Crippen LogP contribution in [-0.2, 0) is 19.1 Å². The lowest BCUT2D eigenvalue weighted by Crippen LogP contribution is -2.55. The molecule has 0 radical (unpaired) electrons. The second-order valence-electron chi connectivity index (χ2n) is 3.90. The lowest BCUT2D eigenvalue weighted by molar-refractivity contribution is -0.137. The molecule has 0 bridgehead atoms. The fourth-order valence-electron chi connectivity index (χ4n) is 1.49. The highest BCUT2D eigenvalue weighted by Gasteiger charge is 2.28. The molecule has 1 aliphatic rings. The van der Waals surface area contributed by atoms with Crippen LogP contribution in [-0.4, -0.2) is 43.5 Å². The Balaban J connectivity index is 2.40. The van der Waals surface area contributed by atoms with Crippen LogP contribution in [0.1, 0.15) is 19.3 Å². The monoisotopic (exact) mass is 243 g/mol. The Hall–Kier alpha value is -1.47. The molecular formula is C10H17N3O4. The van der Waals surface area contributed by atoms with Crippen LogP contribution < -0.4 is 16.4 Å². The summed E-state index contributed by atoms with van der Waals surface area (Å²) >= 11 is 0. The highest BCUT2D eigenvalue weighted by Crippen LogP contribution is 2.04. The van der Waals surface area contributed by atoms with Crippen LogP contribution in [0.5, 0.6) is 0 Å². The van der Waals surface area contributed by atoms with Crippen molar-refractivity contribution in [2.45, 2.75) is 31.3 Å². The summed E-state index contributed by atoms with van der Waals surface area (Å²) in [7, 11) is 1.52. The van der Waals surface area contributed by atoms with Crippen molar-refractivity contribution in [3.05, 3.63) is 0 Å². The minimum absolute atomic E-state index is 0.226. The molecule has 0 aromatic heterocycles. The molecule has 2 unspecified atom stereocenters. The van der Waals surface area contributed by atoms with Gasteiger partial charge in [0.15, 0.2) is 0 Å². The molecule has 1 rings (SSSR count). The van der Waals surface area contributed by atoms with Gasteiger partial charge < -0.3 is 15.8 Å². The third-order valence-corrected chi connectivity index (χ3v) is 2.53. The van der Waals surface area contributed by atoms with Crippen molar-refractivity contribution in [3.63, 3.8) is 0 Å². The van der Waals surface area contributed by atoms with Crippen LogP contribution in [0.2, 0.25) is 0 Å². The zero-order chi connectivity index (χ0) is 12.8. The van der Waals surface area contributed by atoms with E-state index >= 15 is 0 Å². The average Bonchev–Trinajstić information content (AvgIpc) is 2.29. The predicted molar refractivity (Wildman–Crippen MR) is 58.8 cm³/mol. The molecule has 7 heteroatoms. The van der Waals surface area contributed by atoms with Crippen molar-refractivity contribution in [1.82, 2.24) is 10.6 Å².